The van der Waals surface area contributed by atoms with Crippen LogP contribution in [0.5, 0.6) is 5.75 Å². The van der Waals surface area contributed by atoms with E-state index in [1.165, 1.54) is 0 Å². The van der Waals surface area contributed by atoms with Gasteiger partial charge >= 0.3 is 0 Å². The van der Waals surface area contributed by atoms with Crippen molar-refractivity contribution >= 4 is 40.0 Å². The monoisotopic (exact) mass is 431 g/mol. The van der Waals surface area contributed by atoms with Gasteiger partial charge in [-0.2, -0.15) is 0 Å². The first-order valence-corrected chi connectivity index (χ1v) is 10.2. The van der Waals surface area contributed by atoms with Crippen LogP contribution in [0.3, 0.4) is 0 Å². The number of carbonyl (C=O) groups is 1. The summed E-state index contributed by atoms with van der Waals surface area (Å²) in [6.07, 6.45) is 0.590. The van der Waals surface area contributed by atoms with Gasteiger partial charge in [0.15, 0.2) is 23.2 Å². The van der Waals surface area contributed by atoms with Crippen LogP contribution in [0.25, 0.3) is 11.1 Å². The molecule has 0 saturated heterocycles. The van der Waals surface area contributed by atoms with Crippen molar-refractivity contribution in [2.75, 3.05) is 11.9 Å². The van der Waals surface area contributed by atoms with Crippen molar-refractivity contribution in [3.63, 3.8) is 0 Å². The fourth-order valence-corrected chi connectivity index (χ4v) is 3.29. The van der Waals surface area contributed by atoms with E-state index in [4.69, 9.17) is 21.4 Å². The van der Waals surface area contributed by atoms with E-state index in [1.807, 2.05) is 73.7 Å². The summed E-state index contributed by atoms with van der Waals surface area (Å²) in [4.78, 5) is 16.5. The molecule has 156 valence electrons. The molecule has 1 heterocycles. The Morgan fingerprint density at radius 2 is 1.87 bits per heavy atom. The van der Waals surface area contributed by atoms with Crippen LogP contribution in [0.1, 0.15) is 17.0 Å². The van der Waals surface area contributed by atoms with Crippen molar-refractivity contribution < 1.29 is 13.9 Å². The summed E-state index contributed by atoms with van der Waals surface area (Å²) in [5, 5.41) is 5.82. The minimum absolute atomic E-state index is 0.116. The fraction of sp³-hybridized carbons (Fsp3) is 0.125. The Morgan fingerprint density at radius 3 is 2.65 bits per heavy atom. The maximum absolute atomic E-state index is 12.1. The molecule has 0 aliphatic carbocycles. The predicted octanol–water partition coefficient (Wildman–Crippen LogP) is 4.62. The number of nitrogens with one attached hydrogen (secondary N) is 2. The van der Waals surface area contributed by atoms with E-state index >= 15 is 0 Å². The van der Waals surface area contributed by atoms with Gasteiger partial charge in [0, 0.05) is 12.1 Å². The number of thiocarbonyl (C=S) groups is 1. The first kappa shape index (κ1) is 20.6. The number of amides is 1. The van der Waals surface area contributed by atoms with Crippen LogP contribution < -0.4 is 15.4 Å². The Labute approximate surface area is 185 Å². The molecule has 0 saturated carbocycles. The van der Waals surface area contributed by atoms with E-state index in [9.17, 15) is 4.79 Å². The second kappa shape index (κ2) is 9.40. The second-order valence-electron chi connectivity index (χ2n) is 7.06. The molecule has 4 rings (SSSR count). The van der Waals surface area contributed by atoms with Gasteiger partial charge in [-0.25, -0.2) is 4.98 Å². The van der Waals surface area contributed by atoms with Gasteiger partial charge in [0.2, 0.25) is 0 Å². The molecule has 6 nitrogen and oxygen atoms in total. The molecule has 1 aromatic heterocycles. The molecule has 0 spiro atoms. The van der Waals surface area contributed by atoms with Crippen LogP contribution in [-0.2, 0) is 11.2 Å². The van der Waals surface area contributed by atoms with Crippen LogP contribution in [0, 0.1) is 6.92 Å². The Hall–Kier alpha value is -3.71. The molecular weight excluding hydrogens is 410 g/mol. The molecular formula is C24H21N3O3S. The lowest BCUT2D eigenvalue weighted by Crippen LogP contribution is -2.37. The molecule has 4 aromatic rings. The standard InChI is InChI=1S/C24H21N3O3S/c1-16-5-4-6-19(13-16)29-15-22(28)27-24(31)25-18-11-9-17(10-12-18)14-23-26-20-7-2-3-8-21(20)30-23/h2-13H,14-15H2,1H3,(H2,25,27,28,31). The number of hydrogen-bond acceptors (Lipinski definition) is 5. The number of aryl methyl sites for hydroxylation is 1. The van der Waals surface area contributed by atoms with Gasteiger partial charge in [0.05, 0.1) is 0 Å². The summed E-state index contributed by atoms with van der Waals surface area (Å²) >= 11 is 5.21. The Bertz CT molecular complexity index is 1190. The van der Waals surface area contributed by atoms with Crippen molar-refractivity contribution in [2.45, 2.75) is 13.3 Å². The van der Waals surface area contributed by atoms with E-state index in [1.54, 1.807) is 6.07 Å². The summed E-state index contributed by atoms with van der Waals surface area (Å²) in [7, 11) is 0. The number of anilines is 1. The molecule has 0 fully saturated rings. The summed E-state index contributed by atoms with van der Waals surface area (Å²) < 4.78 is 11.2. The molecule has 7 heteroatoms. The van der Waals surface area contributed by atoms with Gasteiger partial charge in [-0.3, -0.25) is 10.1 Å². The Morgan fingerprint density at radius 1 is 1.06 bits per heavy atom. The number of rotatable bonds is 6. The normalized spacial score (nSPS) is 10.6. The molecule has 3 aromatic carbocycles. The lowest BCUT2D eigenvalue weighted by atomic mass is 10.1. The number of para-hydroxylation sites is 2. The first-order chi connectivity index (χ1) is 15.0. The lowest BCUT2D eigenvalue weighted by molar-refractivity contribution is -0.121. The highest BCUT2D eigenvalue weighted by molar-refractivity contribution is 7.80. The van der Waals surface area contributed by atoms with Gasteiger partial charge in [0.25, 0.3) is 5.91 Å². The maximum Gasteiger partial charge on any atom is 0.264 e. The van der Waals surface area contributed by atoms with E-state index in [0.717, 1.165) is 27.9 Å². The van der Waals surface area contributed by atoms with Crippen LogP contribution >= 0.6 is 12.2 Å². The van der Waals surface area contributed by atoms with Crippen molar-refractivity contribution in [3.8, 4) is 5.75 Å². The molecule has 0 aliphatic rings. The van der Waals surface area contributed by atoms with Crippen LogP contribution in [-0.4, -0.2) is 22.6 Å². The number of benzene rings is 3. The minimum atomic E-state index is -0.327. The van der Waals surface area contributed by atoms with Gasteiger partial charge in [-0.15, -0.1) is 0 Å². The number of aromatic nitrogens is 1. The van der Waals surface area contributed by atoms with Crippen molar-refractivity contribution in [2.24, 2.45) is 0 Å². The van der Waals surface area contributed by atoms with Crippen LogP contribution in [0.2, 0.25) is 0 Å². The third-order valence-corrected chi connectivity index (χ3v) is 4.72. The Balaban J connectivity index is 1.27. The van der Waals surface area contributed by atoms with E-state index in [0.29, 0.717) is 18.1 Å². The van der Waals surface area contributed by atoms with Crippen LogP contribution in [0.15, 0.2) is 77.2 Å². The zero-order chi connectivity index (χ0) is 21.6. The molecule has 2 N–H and O–H groups in total. The molecule has 0 aliphatic heterocycles. The lowest BCUT2D eigenvalue weighted by Gasteiger charge is -2.11. The molecule has 0 unspecified atom stereocenters. The molecule has 31 heavy (non-hydrogen) atoms. The quantitative estimate of drug-likeness (QED) is 0.434. The zero-order valence-electron chi connectivity index (χ0n) is 16.9. The number of hydrogen-bond donors (Lipinski definition) is 2. The minimum Gasteiger partial charge on any atom is -0.484 e. The highest BCUT2D eigenvalue weighted by Crippen LogP contribution is 2.18. The number of ether oxygens (including phenoxy) is 1. The van der Waals surface area contributed by atoms with Crippen molar-refractivity contribution in [3.05, 3.63) is 89.8 Å². The smallest absolute Gasteiger partial charge is 0.264 e. The van der Waals surface area contributed by atoms with Crippen molar-refractivity contribution in [1.29, 1.82) is 0 Å². The highest BCUT2D eigenvalue weighted by atomic mass is 32.1. The van der Waals surface area contributed by atoms with Gasteiger partial charge < -0.3 is 14.5 Å². The fourth-order valence-electron chi connectivity index (χ4n) is 3.06. The molecule has 0 radical (unpaired) electrons. The number of nitrogens with zero attached hydrogens (tertiary/aromatic N) is 1. The van der Waals surface area contributed by atoms with Crippen LogP contribution in [0.4, 0.5) is 5.69 Å². The second-order valence-corrected chi connectivity index (χ2v) is 7.46. The van der Waals surface area contributed by atoms with Gasteiger partial charge in [0.1, 0.15) is 11.3 Å². The third-order valence-electron chi connectivity index (χ3n) is 4.52. The van der Waals surface area contributed by atoms with E-state index in [-0.39, 0.29) is 17.6 Å². The Kier molecular flexibility index (Phi) is 6.24. The topological polar surface area (TPSA) is 76.4 Å². The largest absolute Gasteiger partial charge is 0.484 e. The molecule has 0 bridgehead atoms. The highest BCUT2D eigenvalue weighted by Gasteiger charge is 2.08. The number of fused-ring (bicyclic) bond motifs is 1. The summed E-state index contributed by atoms with van der Waals surface area (Å²) in [6.45, 7) is 1.85. The van der Waals surface area contributed by atoms with Gasteiger partial charge in [-0.1, -0.05) is 36.4 Å². The maximum atomic E-state index is 12.1. The van der Waals surface area contributed by atoms with E-state index in [2.05, 4.69) is 15.6 Å². The van der Waals surface area contributed by atoms with Gasteiger partial charge in [-0.05, 0) is 66.7 Å². The molecule has 0 atom stereocenters. The number of carbonyl (C=O) groups excluding carboxylic acids is 1. The number of oxazole rings is 1. The third kappa shape index (κ3) is 5.67. The predicted molar refractivity (Wildman–Crippen MR) is 124 cm³/mol. The van der Waals surface area contributed by atoms with Crippen molar-refractivity contribution in [1.82, 2.24) is 10.3 Å². The summed E-state index contributed by atoms with van der Waals surface area (Å²) in [5.74, 6) is 0.980. The molecule has 1 amide bonds. The average molecular weight is 432 g/mol. The average Bonchev–Trinajstić information content (AvgIpc) is 3.16. The first-order valence-electron chi connectivity index (χ1n) is 9.79. The van der Waals surface area contributed by atoms with E-state index < -0.39 is 0 Å². The zero-order valence-corrected chi connectivity index (χ0v) is 17.7. The summed E-state index contributed by atoms with van der Waals surface area (Å²) in [6, 6.07) is 22.9. The SMILES string of the molecule is Cc1cccc(OCC(=O)NC(=S)Nc2ccc(Cc3nc4ccccc4o3)cc2)c1. The summed E-state index contributed by atoms with van der Waals surface area (Å²) in [5.41, 5.74) is 4.52.